The van der Waals surface area contributed by atoms with Crippen LogP contribution in [0.3, 0.4) is 0 Å². The van der Waals surface area contributed by atoms with Crippen LogP contribution in [0, 0.1) is 0 Å². The van der Waals surface area contributed by atoms with Crippen molar-refractivity contribution in [3.63, 3.8) is 0 Å². The second-order valence-corrected chi connectivity index (χ2v) is 4.61. The summed E-state index contributed by atoms with van der Waals surface area (Å²) in [7, 11) is 0. The molecule has 0 fully saturated rings. The van der Waals surface area contributed by atoms with Gasteiger partial charge in [0.05, 0.1) is 17.9 Å². The van der Waals surface area contributed by atoms with Crippen molar-refractivity contribution in [1.29, 1.82) is 0 Å². The number of benzene rings is 1. The first-order valence-electron chi connectivity index (χ1n) is 6.93. The topological polar surface area (TPSA) is 37.8 Å². The van der Waals surface area contributed by atoms with Gasteiger partial charge in [-0.3, -0.25) is 9.97 Å². The normalized spacial score (nSPS) is 12.3. The van der Waals surface area contributed by atoms with Crippen molar-refractivity contribution < 1.29 is 0 Å². The lowest BCUT2D eigenvalue weighted by atomic mass is 10.0. The van der Waals surface area contributed by atoms with Crippen molar-refractivity contribution in [2.45, 2.75) is 32.7 Å². The van der Waals surface area contributed by atoms with E-state index in [1.165, 1.54) is 11.1 Å². The predicted octanol–water partition coefficient (Wildman–Crippen LogP) is 3.13. The summed E-state index contributed by atoms with van der Waals surface area (Å²) in [5, 5.41) is 3.54. The maximum atomic E-state index is 4.43. The fourth-order valence-electron chi connectivity index (χ4n) is 2.09. The van der Waals surface area contributed by atoms with Crippen LogP contribution < -0.4 is 5.32 Å². The van der Waals surface area contributed by atoms with Gasteiger partial charge >= 0.3 is 0 Å². The van der Waals surface area contributed by atoms with Crippen molar-refractivity contribution in [3.05, 3.63) is 59.7 Å². The molecule has 0 spiro atoms. The van der Waals surface area contributed by atoms with Crippen LogP contribution in [0.1, 0.15) is 43.1 Å². The SMILES string of the molecule is CCCNC(c1ccc(CC)cc1)c1cnccn1. The Morgan fingerprint density at radius 2 is 1.89 bits per heavy atom. The lowest BCUT2D eigenvalue weighted by Gasteiger charge is -2.18. The lowest BCUT2D eigenvalue weighted by molar-refractivity contribution is 0.584. The predicted molar refractivity (Wildman–Crippen MR) is 78.0 cm³/mol. The Hall–Kier alpha value is -1.74. The van der Waals surface area contributed by atoms with E-state index in [2.05, 4.69) is 53.4 Å². The van der Waals surface area contributed by atoms with Gasteiger partial charge in [-0.25, -0.2) is 0 Å². The van der Waals surface area contributed by atoms with Gasteiger partial charge in [-0.1, -0.05) is 38.1 Å². The zero-order valence-corrected chi connectivity index (χ0v) is 11.6. The third kappa shape index (κ3) is 3.61. The van der Waals surface area contributed by atoms with Crippen LogP contribution in [0.5, 0.6) is 0 Å². The minimum atomic E-state index is 0.125. The molecule has 1 atom stereocenters. The highest BCUT2D eigenvalue weighted by atomic mass is 14.9. The standard InChI is InChI=1S/C16H21N3/c1-3-9-19-16(15-12-17-10-11-18-15)14-7-5-13(4-2)6-8-14/h5-8,10-12,16,19H,3-4,9H2,1-2H3. The molecule has 2 rings (SSSR count). The van der Waals surface area contributed by atoms with Crippen molar-refractivity contribution in [2.24, 2.45) is 0 Å². The molecule has 0 amide bonds. The molecule has 0 bridgehead atoms. The van der Waals surface area contributed by atoms with E-state index in [0.717, 1.165) is 25.1 Å². The Balaban J connectivity index is 2.26. The maximum absolute atomic E-state index is 4.43. The van der Waals surface area contributed by atoms with Gasteiger partial charge in [-0.05, 0) is 30.5 Å². The molecule has 3 heteroatoms. The molecular formula is C16H21N3. The summed E-state index contributed by atoms with van der Waals surface area (Å²) in [6.45, 7) is 5.31. The number of rotatable bonds is 6. The molecule has 0 aliphatic heterocycles. The van der Waals surface area contributed by atoms with Gasteiger partial charge in [0, 0.05) is 12.4 Å². The molecule has 2 aromatic rings. The zero-order valence-electron chi connectivity index (χ0n) is 11.6. The largest absolute Gasteiger partial charge is 0.305 e. The molecule has 0 saturated carbocycles. The van der Waals surface area contributed by atoms with E-state index in [1.54, 1.807) is 12.4 Å². The minimum Gasteiger partial charge on any atom is -0.305 e. The molecule has 1 N–H and O–H groups in total. The molecule has 1 aromatic heterocycles. The Kier molecular flexibility index (Phi) is 5.04. The number of aromatic nitrogens is 2. The first-order chi connectivity index (χ1) is 9.35. The van der Waals surface area contributed by atoms with Crippen molar-refractivity contribution >= 4 is 0 Å². The summed E-state index contributed by atoms with van der Waals surface area (Å²) in [6.07, 6.45) is 7.46. The highest BCUT2D eigenvalue weighted by Gasteiger charge is 2.14. The maximum Gasteiger partial charge on any atom is 0.0801 e. The van der Waals surface area contributed by atoms with Crippen LogP contribution in [-0.4, -0.2) is 16.5 Å². The van der Waals surface area contributed by atoms with Crippen LogP contribution >= 0.6 is 0 Å². The van der Waals surface area contributed by atoms with Crippen LogP contribution in [0.2, 0.25) is 0 Å². The van der Waals surface area contributed by atoms with E-state index in [0.29, 0.717) is 0 Å². The number of hydrogen-bond acceptors (Lipinski definition) is 3. The summed E-state index contributed by atoms with van der Waals surface area (Å²) in [5.74, 6) is 0. The molecule has 3 nitrogen and oxygen atoms in total. The molecule has 1 heterocycles. The summed E-state index contributed by atoms with van der Waals surface area (Å²) < 4.78 is 0. The summed E-state index contributed by atoms with van der Waals surface area (Å²) in [4.78, 5) is 8.60. The summed E-state index contributed by atoms with van der Waals surface area (Å²) in [6, 6.07) is 8.86. The molecule has 0 aliphatic rings. The average Bonchev–Trinajstić information content (AvgIpc) is 2.49. The van der Waals surface area contributed by atoms with Gasteiger partial charge in [0.15, 0.2) is 0 Å². The van der Waals surface area contributed by atoms with Crippen molar-refractivity contribution in [1.82, 2.24) is 15.3 Å². The second-order valence-electron chi connectivity index (χ2n) is 4.61. The highest BCUT2D eigenvalue weighted by Crippen LogP contribution is 2.20. The molecule has 1 unspecified atom stereocenters. The molecular weight excluding hydrogens is 234 g/mol. The average molecular weight is 255 g/mol. The van der Waals surface area contributed by atoms with Gasteiger partial charge in [0.2, 0.25) is 0 Å². The van der Waals surface area contributed by atoms with Crippen molar-refractivity contribution in [3.8, 4) is 0 Å². The fraction of sp³-hybridized carbons (Fsp3) is 0.375. The van der Waals surface area contributed by atoms with E-state index in [4.69, 9.17) is 0 Å². The number of hydrogen-bond donors (Lipinski definition) is 1. The zero-order chi connectivity index (χ0) is 13.5. The lowest BCUT2D eigenvalue weighted by Crippen LogP contribution is -2.24. The molecule has 1 aromatic carbocycles. The Bertz CT molecular complexity index is 479. The van der Waals surface area contributed by atoms with Crippen LogP contribution in [0.25, 0.3) is 0 Å². The van der Waals surface area contributed by atoms with E-state index in [1.807, 2.05) is 6.20 Å². The molecule has 0 radical (unpaired) electrons. The first kappa shape index (κ1) is 13.7. The fourth-order valence-corrected chi connectivity index (χ4v) is 2.09. The Morgan fingerprint density at radius 1 is 1.11 bits per heavy atom. The summed E-state index contributed by atoms with van der Waals surface area (Å²) in [5.41, 5.74) is 3.57. The monoisotopic (exact) mass is 255 g/mol. The van der Waals surface area contributed by atoms with Crippen LogP contribution in [-0.2, 0) is 6.42 Å². The number of nitrogens with one attached hydrogen (secondary N) is 1. The smallest absolute Gasteiger partial charge is 0.0801 e. The van der Waals surface area contributed by atoms with E-state index >= 15 is 0 Å². The van der Waals surface area contributed by atoms with Gasteiger partial charge in [-0.2, -0.15) is 0 Å². The number of aryl methyl sites for hydroxylation is 1. The van der Waals surface area contributed by atoms with Gasteiger partial charge < -0.3 is 5.32 Å². The molecule has 0 saturated heterocycles. The highest BCUT2D eigenvalue weighted by molar-refractivity contribution is 5.29. The Morgan fingerprint density at radius 3 is 2.47 bits per heavy atom. The van der Waals surface area contributed by atoms with E-state index in [-0.39, 0.29) is 6.04 Å². The third-order valence-corrected chi connectivity index (χ3v) is 3.20. The quantitative estimate of drug-likeness (QED) is 0.861. The second kappa shape index (κ2) is 7.00. The van der Waals surface area contributed by atoms with Crippen LogP contribution in [0.4, 0.5) is 0 Å². The van der Waals surface area contributed by atoms with E-state index < -0.39 is 0 Å². The van der Waals surface area contributed by atoms with Gasteiger partial charge in [0.1, 0.15) is 0 Å². The van der Waals surface area contributed by atoms with E-state index in [9.17, 15) is 0 Å². The summed E-state index contributed by atoms with van der Waals surface area (Å²) >= 11 is 0. The van der Waals surface area contributed by atoms with Crippen molar-refractivity contribution in [2.75, 3.05) is 6.54 Å². The molecule has 100 valence electrons. The first-order valence-corrected chi connectivity index (χ1v) is 6.93. The van der Waals surface area contributed by atoms with Crippen LogP contribution in [0.15, 0.2) is 42.9 Å². The third-order valence-electron chi connectivity index (χ3n) is 3.20. The Labute approximate surface area is 115 Å². The molecule has 0 aliphatic carbocycles. The minimum absolute atomic E-state index is 0.125. The molecule has 19 heavy (non-hydrogen) atoms. The van der Waals surface area contributed by atoms with Gasteiger partial charge in [0.25, 0.3) is 0 Å². The van der Waals surface area contributed by atoms with Gasteiger partial charge in [-0.15, -0.1) is 0 Å². The number of nitrogens with zero attached hydrogens (tertiary/aromatic N) is 2.